The average Bonchev–Trinajstić information content (AvgIpc) is 2.60. The van der Waals surface area contributed by atoms with Gasteiger partial charge in [-0.05, 0) is 29.8 Å². The number of carbonyl (C=O) groups is 1. The van der Waals surface area contributed by atoms with Crippen LogP contribution in [0.25, 0.3) is 0 Å². The molecule has 5 nitrogen and oxygen atoms in total. The minimum absolute atomic E-state index is 0.241. The molecule has 0 saturated heterocycles. The molecule has 2 aromatic carbocycles. The van der Waals surface area contributed by atoms with Crippen molar-refractivity contribution in [1.82, 2.24) is 10.6 Å². The SMILES string of the molecule is CO[C@@H](CNC(=O)NCCOc1ccccc1)c1cccc(F)c1. The minimum atomic E-state index is -0.410. The number of hydrogen-bond acceptors (Lipinski definition) is 3. The molecular formula is C18H21FN2O3. The number of ether oxygens (including phenoxy) is 2. The Morgan fingerprint density at radius 2 is 1.92 bits per heavy atom. The summed E-state index contributed by atoms with van der Waals surface area (Å²) in [5, 5.41) is 5.39. The van der Waals surface area contributed by atoms with E-state index in [4.69, 9.17) is 9.47 Å². The van der Waals surface area contributed by atoms with Crippen LogP contribution in [0.2, 0.25) is 0 Å². The van der Waals surface area contributed by atoms with Gasteiger partial charge < -0.3 is 20.1 Å². The van der Waals surface area contributed by atoms with Gasteiger partial charge >= 0.3 is 6.03 Å². The van der Waals surface area contributed by atoms with Crippen LogP contribution in [0.1, 0.15) is 11.7 Å². The summed E-state index contributed by atoms with van der Waals surface area (Å²) in [6.07, 6.45) is -0.410. The zero-order valence-electron chi connectivity index (χ0n) is 13.5. The maximum atomic E-state index is 13.2. The second kappa shape index (κ2) is 9.52. The van der Waals surface area contributed by atoms with Crippen molar-refractivity contribution in [3.8, 4) is 5.75 Å². The lowest BCUT2D eigenvalue weighted by Crippen LogP contribution is -2.39. The number of carbonyl (C=O) groups excluding carboxylic acids is 1. The fraction of sp³-hybridized carbons (Fsp3) is 0.278. The summed E-state index contributed by atoms with van der Waals surface area (Å²) in [5.41, 5.74) is 0.671. The fourth-order valence-electron chi connectivity index (χ4n) is 2.14. The average molecular weight is 332 g/mol. The van der Waals surface area contributed by atoms with Crippen molar-refractivity contribution in [1.29, 1.82) is 0 Å². The molecular weight excluding hydrogens is 311 g/mol. The molecule has 0 fully saturated rings. The molecule has 6 heteroatoms. The summed E-state index contributed by atoms with van der Waals surface area (Å²) in [4.78, 5) is 11.8. The largest absolute Gasteiger partial charge is 0.492 e. The molecule has 0 aromatic heterocycles. The van der Waals surface area contributed by atoms with E-state index in [1.54, 1.807) is 12.1 Å². The molecule has 0 heterocycles. The van der Waals surface area contributed by atoms with Crippen LogP contribution in [-0.4, -0.2) is 32.8 Å². The Morgan fingerprint density at radius 3 is 2.62 bits per heavy atom. The van der Waals surface area contributed by atoms with E-state index in [-0.39, 0.29) is 18.4 Å². The Balaban J connectivity index is 1.68. The summed E-state index contributed by atoms with van der Waals surface area (Å²) in [6, 6.07) is 15.2. The highest BCUT2D eigenvalue weighted by Crippen LogP contribution is 2.16. The molecule has 2 amide bonds. The van der Waals surface area contributed by atoms with E-state index >= 15 is 0 Å². The van der Waals surface area contributed by atoms with Crippen LogP contribution in [0.3, 0.4) is 0 Å². The third-order valence-corrected chi connectivity index (χ3v) is 3.35. The van der Waals surface area contributed by atoms with Crippen molar-refractivity contribution in [2.24, 2.45) is 0 Å². The number of hydrogen-bond donors (Lipinski definition) is 2. The maximum absolute atomic E-state index is 13.2. The van der Waals surface area contributed by atoms with Gasteiger partial charge in [-0.15, -0.1) is 0 Å². The normalized spacial score (nSPS) is 11.6. The number of amides is 2. The van der Waals surface area contributed by atoms with Gasteiger partial charge in [0.05, 0.1) is 12.6 Å². The number of urea groups is 1. The first-order valence-electron chi connectivity index (χ1n) is 7.67. The summed E-state index contributed by atoms with van der Waals surface area (Å²) in [7, 11) is 1.52. The van der Waals surface area contributed by atoms with E-state index < -0.39 is 6.10 Å². The molecule has 2 N–H and O–H groups in total. The summed E-state index contributed by atoms with van der Waals surface area (Å²) in [5.74, 6) is 0.419. The number of para-hydroxylation sites is 1. The van der Waals surface area contributed by atoms with Crippen LogP contribution in [0.4, 0.5) is 9.18 Å². The van der Waals surface area contributed by atoms with Gasteiger partial charge in [0.25, 0.3) is 0 Å². The van der Waals surface area contributed by atoms with Crippen molar-refractivity contribution in [2.45, 2.75) is 6.10 Å². The molecule has 0 aliphatic carbocycles. The molecule has 24 heavy (non-hydrogen) atoms. The smallest absolute Gasteiger partial charge is 0.315 e. The van der Waals surface area contributed by atoms with Gasteiger partial charge in [-0.1, -0.05) is 30.3 Å². The molecule has 0 unspecified atom stereocenters. The Bertz CT molecular complexity index is 637. The Kier molecular flexibility index (Phi) is 7.04. The van der Waals surface area contributed by atoms with Crippen LogP contribution >= 0.6 is 0 Å². The second-order valence-electron chi connectivity index (χ2n) is 5.08. The summed E-state index contributed by atoms with van der Waals surface area (Å²) < 4.78 is 24.0. The molecule has 128 valence electrons. The van der Waals surface area contributed by atoms with Gasteiger partial charge in [0, 0.05) is 13.7 Å². The molecule has 0 bridgehead atoms. The number of halogens is 1. The van der Waals surface area contributed by atoms with E-state index in [9.17, 15) is 9.18 Å². The van der Waals surface area contributed by atoms with Crippen molar-refractivity contribution < 1.29 is 18.7 Å². The quantitative estimate of drug-likeness (QED) is 0.731. The Hall–Kier alpha value is -2.60. The van der Waals surface area contributed by atoms with Gasteiger partial charge in [0.1, 0.15) is 18.2 Å². The third kappa shape index (κ3) is 5.89. The zero-order chi connectivity index (χ0) is 17.2. The van der Waals surface area contributed by atoms with E-state index in [0.29, 0.717) is 18.7 Å². The third-order valence-electron chi connectivity index (χ3n) is 3.35. The lowest BCUT2D eigenvalue weighted by atomic mass is 10.1. The highest BCUT2D eigenvalue weighted by atomic mass is 19.1. The predicted molar refractivity (Wildman–Crippen MR) is 89.5 cm³/mol. The van der Waals surface area contributed by atoms with Gasteiger partial charge in [-0.3, -0.25) is 0 Å². The second-order valence-corrected chi connectivity index (χ2v) is 5.08. The first-order chi connectivity index (χ1) is 11.7. The van der Waals surface area contributed by atoms with Gasteiger partial charge in [0.2, 0.25) is 0 Å². The van der Waals surface area contributed by atoms with Crippen LogP contribution in [-0.2, 0) is 4.74 Å². The zero-order valence-corrected chi connectivity index (χ0v) is 13.5. The molecule has 0 saturated carbocycles. The van der Waals surface area contributed by atoms with E-state index in [1.807, 2.05) is 30.3 Å². The van der Waals surface area contributed by atoms with Crippen molar-refractivity contribution in [2.75, 3.05) is 26.8 Å². The highest BCUT2D eigenvalue weighted by molar-refractivity contribution is 5.73. The topological polar surface area (TPSA) is 59.6 Å². The number of benzene rings is 2. The highest BCUT2D eigenvalue weighted by Gasteiger charge is 2.12. The maximum Gasteiger partial charge on any atom is 0.315 e. The monoisotopic (exact) mass is 332 g/mol. The van der Waals surface area contributed by atoms with Gasteiger partial charge in [0.15, 0.2) is 0 Å². The molecule has 0 spiro atoms. The number of nitrogens with one attached hydrogen (secondary N) is 2. The van der Waals surface area contributed by atoms with E-state index in [2.05, 4.69) is 10.6 Å². The van der Waals surface area contributed by atoms with Gasteiger partial charge in [-0.2, -0.15) is 0 Å². The first kappa shape index (κ1) is 17.7. The standard InChI is InChI=1S/C18H21FN2O3/c1-23-17(14-6-5-7-15(19)12-14)13-21-18(22)20-10-11-24-16-8-3-2-4-9-16/h2-9,12,17H,10-11,13H2,1H3,(H2,20,21,22)/t17-/m0/s1. The summed E-state index contributed by atoms with van der Waals surface area (Å²) >= 11 is 0. The van der Waals surface area contributed by atoms with Crippen molar-refractivity contribution in [3.05, 3.63) is 66.0 Å². The first-order valence-corrected chi connectivity index (χ1v) is 7.67. The molecule has 2 rings (SSSR count). The van der Waals surface area contributed by atoms with E-state index in [0.717, 1.165) is 5.75 Å². The van der Waals surface area contributed by atoms with Crippen molar-refractivity contribution in [3.63, 3.8) is 0 Å². The molecule has 2 aromatic rings. The van der Waals surface area contributed by atoms with Crippen LogP contribution < -0.4 is 15.4 Å². The van der Waals surface area contributed by atoms with Crippen LogP contribution in [0.15, 0.2) is 54.6 Å². The minimum Gasteiger partial charge on any atom is -0.492 e. The lowest BCUT2D eigenvalue weighted by molar-refractivity contribution is 0.103. The van der Waals surface area contributed by atoms with Crippen LogP contribution in [0, 0.1) is 5.82 Å². The molecule has 0 radical (unpaired) electrons. The fourth-order valence-corrected chi connectivity index (χ4v) is 2.14. The van der Waals surface area contributed by atoms with Crippen molar-refractivity contribution >= 4 is 6.03 Å². The Morgan fingerprint density at radius 1 is 1.12 bits per heavy atom. The van der Waals surface area contributed by atoms with E-state index in [1.165, 1.54) is 19.2 Å². The number of rotatable bonds is 8. The van der Waals surface area contributed by atoms with Crippen LogP contribution in [0.5, 0.6) is 5.75 Å². The lowest BCUT2D eigenvalue weighted by Gasteiger charge is -2.17. The predicted octanol–water partition coefficient (Wildman–Crippen LogP) is 2.89. The molecule has 0 aliphatic rings. The number of methoxy groups -OCH3 is 1. The Labute approximate surface area is 140 Å². The molecule has 1 atom stereocenters. The molecule has 0 aliphatic heterocycles. The van der Waals surface area contributed by atoms with Gasteiger partial charge in [-0.25, -0.2) is 9.18 Å². The summed E-state index contributed by atoms with van der Waals surface area (Å²) in [6.45, 7) is 0.985.